The van der Waals surface area contributed by atoms with Gasteiger partial charge < -0.3 is 10.1 Å². The first-order chi connectivity index (χ1) is 10.5. The van der Waals surface area contributed by atoms with Gasteiger partial charge in [0.15, 0.2) is 5.78 Å². The predicted octanol–water partition coefficient (Wildman–Crippen LogP) is -0.911. The largest absolute Gasteiger partial charge is 1.00 e. The van der Waals surface area contributed by atoms with E-state index in [1.807, 2.05) is 31.2 Å². The second-order valence-corrected chi connectivity index (χ2v) is 5.56. The number of rotatable bonds is 7. The second-order valence-electron chi connectivity index (χ2n) is 5.56. The second kappa shape index (κ2) is 9.79. The third-order valence-electron chi connectivity index (χ3n) is 3.59. The monoisotopic (exact) mass is 346 g/mol. The summed E-state index contributed by atoms with van der Waals surface area (Å²) < 4.78 is 21.8. The van der Waals surface area contributed by atoms with E-state index in [-0.39, 0.29) is 63.6 Å². The van der Waals surface area contributed by atoms with Crippen LogP contribution in [0.2, 0.25) is 0 Å². The van der Waals surface area contributed by atoms with Crippen molar-refractivity contribution in [3.05, 3.63) is 35.4 Å². The Balaban J connectivity index is 0.00000529. The van der Waals surface area contributed by atoms with Crippen LogP contribution in [-0.4, -0.2) is 29.7 Å². The van der Waals surface area contributed by atoms with Crippen LogP contribution in [0.5, 0.6) is 0 Å². The van der Waals surface area contributed by atoms with Gasteiger partial charge in [0.25, 0.3) is 0 Å². The topological polar surface area (TPSA) is 63.2 Å². The summed E-state index contributed by atoms with van der Waals surface area (Å²) in [5.41, 5.74) is -0.888. The first-order valence-electron chi connectivity index (χ1n) is 7.46. The Morgan fingerprint density at radius 1 is 1.39 bits per heavy atom. The van der Waals surface area contributed by atoms with Crippen LogP contribution < -0.4 is 56.7 Å². The number of halogens is 1. The van der Waals surface area contributed by atoms with Gasteiger partial charge in [0.1, 0.15) is 0 Å². The van der Waals surface area contributed by atoms with E-state index >= 15 is 0 Å². The molecule has 1 N–H and O–H groups in total. The van der Waals surface area contributed by atoms with Crippen LogP contribution in [0.25, 0.3) is 0 Å². The number of alkyl halides is 1. The summed E-state index contributed by atoms with van der Waals surface area (Å²) in [5.74, 6) is -3.72. The summed E-state index contributed by atoms with van der Waals surface area (Å²) in [6.45, 7) is 5.03. The molecule has 0 aromatic heterocycles. The Labute approximate surface area is 180 Å². The third kappa shape index (κ3) is 6.93. The van der Waals surface area contributed by atoms with Gasteiger partial charge >= 0.3 is 51.4 Å². The molecule has 0 bridgehead atoms. The van der Waals surface area contributed by atoms with Crippen molar-refractivity contribution >= 4 is 18.0 Å². The summed E-state index contributed by atoms with van der Waals surface area (Å²) in [5, 5.41) is 2.37. The van der Waals surface area contributed by atoms with Gasteiger partial charge in [-0.2, -0.15) is 0 Å². The zero-order chi connectivity index (χ0) is 17.8. The smallest absolute Gasteiger partial charge is 0.539 e. The summed E-state index contributed by atoms with van der Waals surface area (Å²) in [6, 6.07) is 6.52. The number of hydrogen-bond donors (Lipinski definition) is 1. The molecule has 1 amide bonds. The molecule has 0 saturated heterocycles. The quantitative estimate of drug-likeness (QED) is 0.514. The maximum absolute atomic E-state index is 14.0. The molecular formula is C17H21FKNO3. The fraction of sp³-hybridized carbons (Fsp3) is 0.471. The van der Waals surface area contributed by atoms with Gasteiger partial charge in [-0.05, 0) is 25.8 Å². The number of nitrogens with one attached hydrogen (secondary N) is 1. The molecule has 0 saturated carbocycles. The van der Waals surface area contributed by atoms with E-state index in [1.165, 1.54) is 6.92 Å². The zero-order valence-electron chi connectivity index (χ0n) is 15.2. The fourth-order valence-corrected chi connectivity index (χ4v) is 1.81. The van der Waals surface area contributed by atoms with E-state index in [0.29, 0.717) is 0 Å². The average Bonchev–Trinajstić information content (AvgIpc) is 2.48. The van der Waals surface area contributed by atoms with Crippen LogP contribution in [0.3, 0.4) is 0 Å². The van der Waals surface area contributed by atoms with Crippen molar-refractivity contribution in [2.45, 2.75) is 45.8 Å². The molecule has 0 radical (unpaired) electrons. The summed E-state index contributed by atoms with van der Waals surface area (Å²) in [7, 11) is 0. The maximum atomic E-state index is 14.0. The molecule has 23 heavy (non-hydrogen) atoms. The summed E-state index contributed by atoms with van der Waals surface area (Å²) >= 11 is 0. The Kier molecular flexibility index (Phi) is 8.78. The maximum Gasteiger partial charge on any atom is 1.00 e. The van der Waals surface area contributed by atoms with Gasteiger partial charge in [0.05, 0.1) is 6.04 Å². The normalized spacial score (nSPS) is 17.5. The molecule has 3 atom stereocenters. The van der Waals surface area contributed by atoms with Gasteiger partial charge in [-0.25, -0.2) is 6.29 Å². The van der Waals surface area contributed by atoms with Crippen LogP contribution >= 0.6 is 0 Å². The molecule has 0 aliphatic heterocycles. The minimum atomic E-state index is -2.78. The number of carbonyl (C=O) groups is 2. The molecule has 1 rings (SSSR count). The zero-order valence-corrected chi connectivity index (χ0v) is 17.3. The van der Waals surface area contributed by atoms with E-state index < -0.39 is 23.5 Å². The van der Waals surface area contributed by atoms with Gasteiger partial charge in [-0.15, -0.1) is 0 Å². The first-order valence-corrected chi connectivity index (χ1v) is 6.96. The number of Topliss-reactive ketones (excluding diaryl/α,β-unsaturated/α-hetero) is 1. The summed E-state index contributed by atoms with van der Waals surface area (Å²) in [6.07, 6.45) is 1.30. The van der Waals surface area contributed by atoms with Crippen LogP contribution in [0, 0.1) is 12.8 Å². The fourth-order valence-electron chi connectivity index (χ4n) is 1.81. The summed E-state index contributed by atoms with van der Waals surface area (Å²) in [4.78, 5) is 34.6. The van der Waals surface area contributed by atoms with Gasteiger partial charge in [0, 0.05) is 12.9 Å². The van der Waals surface area contributed by atoms with E-state index in [2.05, 4.69) is 5.32 Å². The Morgan fingerprint density at radius 2 is 1.91 bits per heavy atom. The molecule has 0 heterocycles. The number of aryl methyl sites for hydroxylation is 1. The van der Waals surface area contributed by atoms with E-state index in [1.54, 1.807) is 0 Å². The van der Waals surface area contributed by atoms with Crippen molar-refractivity contribution in [3.63, 3.8) is 0 Å². The number of carbonyl (C=O) groups excluding carboxylic acids is 3. The molecule has 3 unspecified atom stereocenters. The average molecular weight is 346 g/mol. The van der Waals surface area contributed by atoms with Gasteiger partial charge in [0.2, 0.25) is 5.91 Å². The molecule has 6 heteroatoms. The van der Waals surface area contributed by atoms with E-state index in [9.17, 15) is 18.8 Å². The molecule has 4 nitrogen and oxygen atoms in total. The molecule has 0 aliphatic carbocycles. The standard InChI is InChI=1S/C17H21FNO3.K/c1-11-5-7-14(8-6-11)9-15(13(3)21)19-16(22)12(2)17(4,18)10-20;/h5-8,12,15H,9H2,1-4H3,(H,19,22);/q-1;+1/i12D;. The minimum absolute atomic E-state index is 0. The van der Waals surface area contributed by atoms with Crippen molar-refractivity contribution in [1.29, 1.82) is 0 Å². The van der Waals surface area contributed by atoms with Crippen molar-refractivity contribution in [1.82, 2.24) is 5.32 Å². The first kappa shape index (κ1) is 20.6. The van der Waals surface area contributed by atoms with E-state index in [4.69, 9.17) is 1.37 Å². The Morgan fingerprint density at radius 3 is 2.35 bits per heavy atom. The van der Waals surface area contributed by atoms with Gasteiger partial charge in [-0.3, -0.25) is 14.0 Å². The van der Waals surface area contributed by atoms with Crippen molar-refractivity contribution < 1.29 is 71.5 Å². The molecule has 0 fully saturated rings. The van der Waals surface area contributed by atoms with Crippen LogP contribution in [0.1, 0.15) is 33.3 Å². The van der Waals surface area contributed by atoms with Crippen LogP contribution in [0.4, 0.5) is 4.39 Å². The van der Waals surface area contributed by atoms with Gasteiger partial charge in [-0.1, -0.05) is 43.7 Å². The molecule has 1 aromatic rings. The number of hydrogen-bond acceptors (Lipinski definition) is 3. The van der Waals surface area contributed by atoms with Crippen molar-refractivity contribution in [2.24, 2.45) is 5.89 Å². The Bertz CT molecular complexity index is 602. The number of amides is 1. The Hall–Kier alpha value is -0.404. The molecule has 0 spiro atoms. The molecule has 0 aliphatic rings. The molecule has 120 valence electrons. The number of ketones is 1. The molecular weight excluding hydrogens is 324 g/mol. The predicted molar refractivity (Wildman–Crippen MR) is 81.9 cm³/mol. The van der Waals surface area contributed by atoms with Crippen LogP contribution in [-0.2, 0) is 20.8 Å². The van der Waals surface area contributed by atoms with Crippen molar-refractivity contribution in [2.75, 3.05) is 0 Å². The van der Waals surface area contributed by atoms with Crippen LogP contribution in [0.15, 0.2) is 24.3 Å². The number of benzene rings is 1. The minimum Gasteiger partial charge on any atom is -0.539 e. The SMILES string of the molecule is [2H]C(C)(C(=O)NC(Cc1ccc(C)cc1)C(C)=O)C(C)(F)[C-]=O.[K+]. The molecule has 1 aromatic carbocycles. The third-order valence-corrected chi connectivity index (χ3v) is 3.59. The van der Waals surface area contributed by atoms with Crippen molar-refractivity contribution in [3.8, 4) is 0 Å². The van der Waals surface area contributed by atoms with E-state index in [0.717, 1.165) is 31.3 Å².